The molecule has 1 aromatic carbocycles. The topological polar surface area (TPSA) is 40.5 Å². The second-order valence-corrected chi connectivity index (χ2v) is 4.16. The zero-order valence-electron chi connectivity index (χ0n) is 8.91. The Balaban J connectivity index is 2.85. The molecule has 0 unspecified atom stereocenters. The first kappa shape index (κ1) is 13.1. The zero-order valence-corrected chi connectivity index (χ0v) is 10.4. The molecule has 0 radical (unpaired) electrons. The second kappa shape index (κ2) is 5.97. The largest absolute Gasteiger partial charge is 0.481 e. The third-order valence-electron chi connectivity index (χ3n) is 2.23. The van der Waals surface area contributed by atoms with Gasteiger partial charge in [0.2, 0.25) is 0 Å². The van der Waals surface area contributed by atoms with Crippen molar-refractivity contribution in [3.05, 3.63) is 28.2 Å². The number of nitrogens with zero attached hydrogens (tertiary/aromatic N) is 1. The molecule has 0 aliphatic heterocycles. The van der Waals surface area contributed by atoms with Crippen molar-refractivity contribution in [2.75, 3.05) is 18.0 Å². The lowest BCUT2D eigenvalue weighted by Gasteiger charge is -2.23. The van der Waals surface area contributed by atoms with Crippen LogP contribution in [-0.4, -0.2) is 24.2 Å². The van der Waals surface area contributed by atoms with Crippen LogP contribution < -0.4 is 4.90 Å². The Morgan fingerprint density at radius 2 is 2.12 bits per heavy atom. The van der Waals surface area contributed by atoms with Gasteiger partial charge in [-0.15, -0.1) is 0 Å². The van der Waals surface area contributed by atoms with E-state index >= 15 is 0 Å². The zero-order chi connectivity index (χ0) is 12.1. The van der Waals surface area contributed by atoms with E-state index in [1.807, 2.05) is 11.8 Å². The number of hydrogen-bond acceptors (Lipinski definition) is 2. The molecular formula is C11H13Cl2NO2. The molecule has 0 aliphatic carbocycles. The number of halogens is 2. The van der Waals surface area contributed by atoms with Crippen molar-refractivity contribution in [2.24, 2.45) is 0 Å². The molecule has 16 heavy (non-hydrogen) atoms. The van der Waals surface area contributed by atoms with Gasteiger partial charge in [-0.25, -0.2) is 0 Å². The van der Waals surface area contributed by atoms with Crippen molar-refractivity contribution in [3.63, 3.8) is 0 Å². The predicted molar refractivity (Wildman–Crippen MR) is 66.6 cm³/mol. The average Bonchev–Trinajstić information content (AvgIpc) is 2.23. The molecule has 1 rings (SSSR count). The van der Waals surface area contributed by atoms with E-state index in [-0.39, 0.29) is 6.42 Å². The van der Waals surface area contributed by atoms with Crippen LogP contribution >= 0.6 is 23.2 Å². The molecule has 1 N–H and O–H groups in total. The van der Waals surface area contributed by atoms with Gasteiger partial charge in [0.05, 0.1) is 17.1 Å². The maximum Gasteiger partial charge on any atom is 0.305 e. The fourth-order valence-corrected chi connectivity index (χ4v) is 1.81. The van der Waals surface area contributed by atoms with Crippen LogP contribution in [0, 0.1) is 0 Å². The van der Waals surface area contributed by atoms with Crippen LogP contribution in [0.25, 0.3) is 0 Å². The van der Waals surface area contributed by atoms with E-state index in [1.165, 1.54) is 0 Å². The molecule has 0 saturated carbocycles. The Morgan fingerprint density at radius 1 is 1.44 bits per heavy atom. The molecule has 0 fully saturated rings. The van der Waals surface area contributed by atoms with E-state index in [1.54, 1.807) is 18.2 Å². The number of carboxylic acid groups (broad SMARTS) is 1. The summed E-state index contributed by atoms with van der Waals surface area (Å²) in [4.78, 5) is 12.4. The monoisotopic (exact) mass is 261 g/mol. The van der Waals surface area contributed by atoms with Crippen LogP contribution in [0.1, 0.15) is 13.3 Å². The number of hydrogen-bond donors (Lipinski definition) is 1. The molecular weight excluding hydrogens is 249 g/mol. The first-order chi connectivity index (χ1) is 7.54. The summed E-state index contributed by atoms with van der Waals surface area (Å²) in [6.45, 7) is 3.05. The van der Waals surface area contributed by atoms with Gasteiger partial charge in [0.1, 0.15) is 0 Å². The summed E-state index contributed by atoms with van der Waals surface area (Å²) in [5, 5.41) is 9.81. The number of benzene rings is 1. The van der Waals surface area contributed by atoms with Crippen molar-refractivity contribution in [3.8, 4) is 0 Å². The molecule has 0 aromatic heterocycles. The molecule has 0 amide bonds. The lowest BCUT2D eigenvalue weighted by Crippen LogP contribution is -2.25. The summed E-state index contributed by atoms with van der Waals surface area (Å²) in [6.07, 6.45) is 0.0800. The van der Waals surface area contributed by atoms with Crippen LogP contribution in [0.5, 0.6) is 0 Å². The third kappa shape index (κ3) is 3.58. The summed E-state index contributed by atoms with van der Waals surface area (Å²) in [7, 11) is 0. The Hall–Kier alpha value is -0.930. The predicted octanol–water partition coefficient (Wildman–Crippen LogP) is 3.29. The minimum atomic E-state index is -0.823. The van der Waals surface area contributed by atoms with Crippen molar-refractivity contribution in [1.29, 1.82) is 0 Å². The molecule has 0 heterocycles. The molecule has 0 atom stereocenters. The molecule has 3 nitrogen and oxygen atoms in total. The lowest BCUT2D eigenvalue weighted by atomic mass is 10.2. The molecule has 1 aromatic rings. The number of anilines is 1. The maximum absolute atomic E-state index is 10.5. The number of carboxylic acids is 1. The molecule has 88 valence electrons. The van der Waals surface area contributed by atoms with Crippen LogP contribution in [0.2, 0.25) is 10.0 Å². The van der Waals surface area contributed by atoms with E-state index < -0.39 is 5.97 Å². The van der Waals surface area contributed by atoms with Crippen molar-refractivity contribution < 1.29 is 9.90 Å². The summed E-state index contributed by atoms with van der Waals surface area (Å²) >= 11 is 11.9. The smallest absolute Gasteiger partial charge is 0.305 e. The quantitative estimate of drug-likeness (QED) is 0.885. The molecule has 5 heteroatoms. The Bertz CT molecular complexity index is 382. The van der Waals surface area contributed by atoms with Gasteiger partial charge in [0.15, 0.2) is 0 Å². The lowest BCUT2D eigenvalue weighted by molar-refractivity contribution is -0.136. The Morgan fingerprint density at radius 3 is 2.69 bits per heavy atom. The van der Waals surface area contributed by atoms with Crippen LogP contribution in [0.15, 0.2) is 18.2 Å². The van der Waals surface area contributed by atoms with Crippen LogP contribution in [0.4, 0.5) is 5.69 Å². The SMILES string of the molecule is CCN(CCC(=O)O)c1cc(Cl)ccc1Cl. The van der Waals surface area contributed by atoms with Gasteiger partial charge in [-0.3, -0.25) is 4.79 Å². The van der Waals surface area contributed by atoms with E-state index in [9.17, 15) is 4.79 Å². The first-order valence-electron chi connectivity index (χ1n) is 4.96. The summed E-state index contributed by atoms with van der Waals surface area (Å²) in [5.41, 5.74) is 0.776. The highest BCUT2D eigenvalue weighted by atomic mass is 35.5. The summed E-state index contributed by atoms with van der Waals surface area (Å²) < 4.78 is 0. The molecule has 0 aliphatic rings. The minimum absolute atomic E-state index is 0.0800. The van der Waals surface area contributed by atoms with E-state index in [0.29, 0.717) is 23.1 Å². The van der Waals surface area contributed by atoms with Gasteiger partial charge < -0.3 is 10.0 Å². The molecule has 0 spiro atoms. The Kier molecular flexibility index (Phi) is 4.90. The van der Waals surface area contributed by atoms with Crippen molar-refractivity contribution in [2.45, 2.75) is 13.3 Å². The van der Waals surface area contributed by atoms with E-state index in [2.05, 4.69) is 0 Å². The van der Waals surface area contributed by atoms with Crippen LogP contribution in [0.3, 0.4) is 0 Å². The van der Waals surface area contributed by atoms with Crippen LogP contribution in [-0.2, 0) is 4.79 Å². The summed E-state index contributed by atoms with van der Waals surface area (Å²) in [6, 6.07) is 5.16. The maximum atomic E-state index is 10.5. The summed E-state index contributed by atoms with van der Waals surface area (Å²) in [5.74, 6) is -0.823. The van der Waals surface area contributed by atoms with Gasteiger partial charge in [-0.1, -0.05) is 23.2 Å². The Labute approximate surface area is 105 Å². The highest BCUT2D eigenvalue weighted by Gasteiger charge is 2.10. The highest BCUT2D eigenvalue weighted by Crippen LogP contribution is 2.28. The normalized spacial score (nSPS) is 10.2. The molecule has 0 saturated heterocycles. The number of rotatable bonds is 5. The van der Waals surface area contributed by atoms with Gasteiger partial charge in [-0.05, 0) is 25.1 Å². The third-order valence-corrected chi connectivity index (χ3v) is 2.78. The van der Waals surface area contributed by atoms with Gasteiger partial charge in [0, 0.05) is 18.1 Å². The standard InChI is InChI=1S/C11H13Cl2NO2/c1-2-14(6-5-11(15)16)10-7-8(12)3-4-9(10)13/h3-4,7H,2,5-6H2,1H3,(H,15,16). The average molecular weight is 262 g/mol. The van der Waals surface area contributed by atoms with Gasteiger partial charge >= 0.3 is 5.97 Å². The second-order valence-electron chi connectivity index (χ2n) is 3.32. The van der Waals surface area contributed by atoms with E-state index in [4.69, 9.17) is 28.3 Å². The fourth-order valence-electron chi connectivity index (χ4n) is 1.41. The van der Waals surface area contributed by atoms with Gasteiger partial charge in [0.25, 0.3) is 0 Å². The fraction of sp³-hybridized carbons (Fsp3) is 0.364. The minimum Gasteiger partial charge on any atom is -0.481 e. The van der Waals surface area contributed by atoms with Crippen molar-refractivity contribution >= 4 is 34.9 Å². The number of aliphatic carboxylic acids is 1. The first-order valence-corrected chi connectivity index (χ1v) is 5.72. The highest BCUT2D eigenvalue weighted by molar-refractivity contribution is 6.35. The molecule has 0 bridgehead atoms. The van der Waals surface area contributed by atoms with E-state index in [0.717, 1.165) is 5.69 Å². The van der Waals surface area contributed by atoms with Crippen molar-refractivity contribution in [1.82, 2.24) is 0 Å². The van der Waals surface area contributed by atoms with Gasteiger partial charge in [-0.2, -0.15) is 0 Å². The number of carbonyl (C=O) groups is 1.